The highest BCUT2D eigenvalue weighted by Crippen LogP contribution is 2.36. The second-order valence-electron chi connectivity index (χ2n) is 5.52. The van der Waals surface area contributed by atoms with E-state index in [9.17, 15) is 26.7 Å². The third-order valence-corrected chi connectivity index (χ3v) is 4.38. The van der Waals surface area contributed by atoms with Crippen LogP contribution in [0.15, 0.2) is 40.8 Å². The lowest BCUT2D eigenvalue weighted by atomic mass is 10.1. The molecular formula is C16H13F5N2O2S. The number of nitrogens with zero attached hydrogens (tertiary/aromatic N) is 1. The normalized spacial score (nSPS) is 17.4. The molecule has 1 N–H and O–H groups in total. The molecule has 1 aliphatic heterocycles. The molecule has 0 spiro atoms. The Labute approximate surface area is 149 Å². The Morgan fingerprint density at radius 2 is 1.92 bits per heavy atom. The molecule has 2 aromatic rings. The van der Waals surface area contributed by atoms with Gasteiger partial charge in [0.25, 0.3) is 11.7 Å². The predicted octanol–water partition coefficient (Wildman–Crippen LogP) is 4.86. The quantitative estimate of drug-likeness (QED) is 0.738. The van der Waals surface area contributed by atoms with Crippen LogP contribution in [0.4, 0.5) is 27.6 Å². The number of benzene rings is 1. The van der Waals surface area contributed by atoms with Crippen molar-refractivity contribution < 1.29 is 31.2 Å². The zero-order valence-corrected chi connectivity index (χ0v) is 13.9. The molecule has 0 unspecified atom stereocenters. The summed E-state index contributed by atoms with van der Waals surface area (Å²) in [5.74, 6) is -3.28. The Hall–Kier alpha value is -2.23. The molecule has 1 aromatic heterocycles. The number of furan rings is 1. The summed E-state index contributed by atoms with van der Waals surface area (Å²) in [5, 5.41) is 2.85. The van der Waals surface area contributed by atoms with E-state index in [0.717, 1.165) is 0 Å². The lowest BCUT2D eigenvalue weighted by Gasteiger charge is -2.37. The molecule has 3 rings (SSSR count). The third kappa shape index (κ3) is 4.12. The van der Waals surface area contributed by atoms with Crippen LogP contribution in [-0.4, -0.2) is 29.3 Å². The van der Waals surface area contributed by atoms with Gasteiger partial charge in [0.1, 0.15) is 18.1 Å². The highest BCUT2D eigenvalue weighted by Gasteiger charge is 2.41. The Morgan fingerprint density at radius 1 is 1.19 bits per heavy atom. The van der Waals surface area contributed by atoms with Crippen molar-refractivity contribution in [1.29, 1.82) is 0 Å². The van der Waals surface area contributed by atoms with E-state index in [0.29, 0.717) is 22.3 Å². The molecule has 2 heterocycles. The van der Waals surface area contributed by atoms with Crippen LogP contribution in [-0.2, 0) is 5.75 Å². The molecule has 0 aliphatic carbocycles. The number of anilines is 1. The minimum Gasteiger partial charge on any atom is -0.461 e. The van der Waals surface area contributed by atoms with Crippen LogP contribution < -0.4 is 5.32 Å². The van der Waals surface area contributed by atoms with E-state index in [1.165, 1.54) is 18.2 Å². The van der Waals surface area contributed by atoms with Crippen LogP contribution in [0.1, 0.15) is 28.0 Å². The van der Waals surface area contributed by atoms with Crippen LogP contribution >= 0.6 is 11.8 Å². The van der Waals surface area contributed by atoms with Crippen LogP contribution in [0.25, 0.3) is 0 Å². The summed E-state index contributed by atoms with van der Waals surface area (Å²) in [5.41, 5.74) is 0.494. The number of nitrogens with one attached hydrogen (secondary N) is 1. The number of halogens is 5. The van der Waals surface area contributed by atoms with Gasteiger partial charge < -0.3 is 14.6 Å². The zero-order chi connectivity index (χ0) is 18.9. The van der Waals surface area contributed by atoms with Gasteiger partial charge >= 0.3 is 6.18 Å². The summed E-state index contributed by atoms with van der Waals surface area (Å²) in [6, 6.07) is 8.98. The molecule has 140 valence electrons. The second kappa shape index (κ2) is 7.18. The van der Waals surface area contributed by atoms with Gasteiger partial charge in [0.2, 0.25) is 0 Å². The molecule has 1 aromatic carbocycles. The Morgan fingerprint density at radius 3 is 2.62 bits per heavy atom. The molecule has 10 heteroatoms. The lowest BCUT2D eigenvalue weighted by Crippen LogP contribution is -2.47. The van der Waals surface area contributed by atoms with Crippen molar-refractivity contribution in [2.45, 2.75) is 23.9 Å². The average molecular weight is 392 g/mol. The highest BCUT2D eigenvalue weighted by molar-refractivity contribution is 7.98. The Kier molecular flexibility index (Phi) is 5.12. The van der Waals surface area contributed by atoms with E-state index in [4.69, 9.17) is 4.42 Å². The third-order valence-electron chi connectivity index (χ3n) is 3.68. The van der Waals surface area contributed by atoms with Gasteiger partial charge in [-0.15, -0.1) is 0 Å². The summed E-state index contributed by atoms with van der Waals surface area (Å²) in [4.78, 5) is 13.2. The summed E-state index contributed by atoms with van der Waals surface area (Å²) >= 11 is 0.336. The van der Waals surface area contributed by atoms with Gasteiger partial charge in [-0.3, -0.25) is 4.79 Å². The van der Waals surface area contributed by atoms with Crippen molar-refractivity contribution in [3.63, 3.8) is 0 Å². The van der Waals surface area contributed by atoms with Gasteiger partial charge in [-0.2, -0.15) is 22.0 Å². The maximum atomic E-state index is 13.0. The summed E-state index contributed by atoms with van der Waals surface area (Å²) in [6.45, 7) is -1.47. The SMILES string of the molecule is O=C1c2ccccc2N[C@H](c2ccc(CSC(F)F)o2)N1CC(F)(F)F. The number of alkyl halides is 5. The number of para-hydroxylation sites is 1. The fourth-order valence-electron chi connectivity index (χ4n) is 2.64. The van der Waals surface area contributed by atoms with Gasteiger partial charge in [-0.1, -0.05) is 23.9 Å². The monoisotopic (exact) mass is 392 g/mol. The number of carbonyl (C=O) groups excluding carboxylic acids is 1. The van der Waals surface area contributed by atoms with Gasteiger partial charge in [-0.05, 0) is 24.3 Å². The van der Waals surface area contributed by atoms with E-state index in [1.807, 2.05) is 0 Å². The van der Waals surface area contributed by atoms with Gasteiger partial charge in [-0.25, -0.2) is 0 Å². The van der Waals surface area contributed by atoms with E-state index in [1.54, 1.807) is 18.2 Å². The van der Waals surface area contributed by atoms with Gasteiger partial charge in [0.05, 0.1) is 11.3 Å². The molecule has 1 aliphatic rings. The van der Waals surface area contributed by atoms with E-state index >= 15 is 0 Å². The van der Waals surface area contributed by atoms with Crippen molar-refractivity contribution in [2.24, 2.45) is 0 Å². The van der Waals surface area contributed by atoms with E-state index in [2.05, 4.69) is 5.32 Å². The first-order valence-corrected chi connectivity index (χ1v) is 8.51. The molecule has 0 bridgehead atoms. The van der Waals surface area contributed by atoms with Crippen molar-refractivity contribution >= 4 is 23.4 Å². The second-order valence-corrected chi connectivity index (χ2v) is 6.49. The number of thioether (sulfide) groups is 1. The molecular weight excluding hydrogens is 379 g/mol. The lowest BCUT2D eigenvalue weighted by molar-refractivity contribution is -0.144. The highest BCUT2D eigenvalue weighted by atomic mass is 32.2. The van der Waals surface area contributed by atoms with Crippen LogP contribution in [0.3, 0.4) is 0 Å². The predicted molar refractivity (Wildman–Crippen MR) is 85.9 cm³/mol. The first kappa shape index (κ1) is 18.6. The number of rotatable bonds is 5. The standard InChI is InChI=1S/C16H13F5N2O2S/c17-15(18)26-7-9-5-6-12(25-9)13-22-11-4-2-1-3-10(11)14(24)23(13)8-16(19,20)21/h1-6,13,15,22H,7-8H2/t13-/m0/s1. The fourth-order valence-corrected chi connectivity index (χ4v) is 3.08. The van der Waals surface area contributed by atoms with Crippen molar-refractivity contribution in [3.8, 4) is 0 Å². The topological polar surface area (TPSA) is 45.5 Å². The maximum absolute atomic E-state index is 13.0. The average Bonchev–Trinajstić information content (AvgIpc) is 3.03. The van der Waals surface area contributed by atoms with Crippen LogP contribution in [0.5, 0.6) is 0 Å². The largest absolute Gasteiger partial charge is 0.461 e. The molecule has 26 heavy (non-hydrogen) atoms. The molecule has 1 atom stereocenters. The van der Waals surface area contributed by atoms with E-state index in [-0.39, 0.29) is 22.8 Å². The first-order valence-electron chi connectivity index (χ1n) is 7.46. The van der Waals surface area contributed by atoms with Gasteiger partial charge in [0.15, 0.2) is 6.17 Å². The van der Waals surface area contributed by atoms with Crippen LogP contribution in [0, 0.1) is 0 Å². The summed E-state index contributed by atoms with van der Waals surface area (Å²) in [7, 11) is 0. The minimum atomic E-state index is -4.61. The Balaban J connectivity index is 1.91. The van der Waals surface area contributed by atoms with Gasteiger partial charge in [0, 0.05) is 5.69 Å². The minimum absolute atomic E-state index is 0.0435. The van der Waals surface area contributed by atoms with E-state index < -0.39 is 30.6 Å². The molecule has 4 nitrogen and oxygen atoms in total. The first-order chi connectivity index (χ1) is 12.2. The fraction of sp³-hybridized carbons (Fsp3) is 0.312. The molecule has 0 radical (unpaired) electrons. The zero-order valence-electron chi connectivity index (χ0n) is 13.1. The maximum Gasteiger partial charge on any atom is 0.406 e. The Bertz CT molecular complexity index is 793. The summed E-state index contributed by atoms with van der Waals surface area (Å²) in [6.07, 6.45) is -5.80. The molecule has 1 amide bonds. The number of hydrogen-bond donors (Lipinski definition) is 1. The van der Waals surface area contributed by atoms with Crippen molar-refractivity contribution in [2.75, 3.05) is 11.9 Å². The van der Waals surface area contributed by atoms with Crippen molar-refractivity contribution in [3.05, 3.63) is 53.5 Å². The number of hydrogen-bond acceptors (Lipinski definition) is 4. The number of carbonyl (C=O) groups is 1. The van der Waals surface area contributed by atoms with Crippen LogP contribution in [0.2, 0.25) is 0 Å². The summed E-state index contributed by atoms with van der Waals surface area (Å²) < 4.78 is 68.8. The number of amides is 1. The smallest absolute Gasteiger partial charge is 0.406 e. The number of fused-ring (bicyclic) bond motifs is 1. The van der Waals surface area contributed by atoms with Crippen molar-refractivity contribution in [1.82, 2.24) is 4.90 Å². The molecule has 0 saturated heterocycles. The molecule has 0 fully saturated rings. The molecule has 0 saturated carbocycles.